The third kappa shape index (κ3) is 2.90. The van der Waals surface area contributed by atoms with Crippen molar-refractivity contribution in [2.45, 2.75) is 6.92 Å². The maximum absolute atomic E-state index is 13.3. The Bertz CT molecular complexity index is 614. The number of hydrogen-bond acceptors (Lipinski definition) is 2. The fourth-order valence-electron chi connectivity index (χ4n) is 1.48. The third-order valence-electron chi connectivity index (χ3n) is 2.35. The molecule has 2 aromatic rings. The minimum absolute atomic E-state index is 0.250. The van der Waals surface area contributed by atoms with E-state index in [2.05, 4.69) is 0 Å². The molecule has 92 valence electrons. The van der Waals surface area contributed by atoms with Crippen LogP contribution in [0.15, 0.2) is 36.4 Å². The van der Waals surface area contributed by atoms with Gasteiger partial charge in [-0.1, -0.05) is 0 Å². The van der Waals surface area contributed by atoms with Crippen molar-refractivity contribution in [2.24, 2.45) is 0 Å². The summed E-state index contributed by atoms with van der Waals surface area (Å²) in [6.45, 7) is 1.95. The number of carbonyl (C=O) groups is 1. The van der Waals surface area contributed by atoms with Crippen LogP contribution in [0.3, 0.4) is 0 Å². The van der Waals surface area contributed by atoms with Gasteiger partial charge in [0.1, 0.15) is 11.6 Å². The second-order valence-electron chi connectivity index (χ2n) is 3.77. The molecule has 0 saturated heterocycles. The Morgan fingerprint density at radius 3 is 2.67 bits per heavy atom. The molecule has 0 amide bonds. The summed E-state index contributed by atoms with van der Waals surface area (Å²) in [6, 6.07) is 6.63. The van der Waals surface area contributed by atoms with E-state index in [-0.39, 0.29) is 5.56 Å². The zero-order valence-corrected chi connectivity index (χ0v) is 10.4. The number of rotatable bonds is 3. The van der Waals surface area contributed by atoms with E-state index in [1.54, 1.807) is 6.08 Å². The molecule has 0 spiro atoms. The Kier molecular flexibility index (Phi) is 3.67. The van der Waals surface area contributed by atoms with Crippen LogP contribution in [0, 0.1) is 18.6 Å². The minimum Gasteiger partial charge on any atom is -0.289 e. The minimum atomic E-state index is -0.714. The molecule has 0 N–H and O–H groups in total. The van der Waals surface area contributed by atoms with Crippen LogP contribution in [0.4, 0.5) is 8.78 Å². The molecule has 0 aliphatic carbocycles. The van der Waals surface area contributed by atoms with Crippen LogP contribution < -0.4 is 0 Å². The molecule has 18 heavy (non-hydrogen) atoms. The van der Waals surface area contributed by atoms with Gasteiger partial charge in [-0.15, -0.1) is 11.3 Å². The summed E-state index contributed by atoms with van der Waals surface area (Å²) in [7, 11) is 0. The average Bonchev–Trinajstić information content (AvgIpc) is 2.75. The Balaban J connectivity index is 2.22. The molecule has 0 aliphatic heterocycles. The van der Waals surface area contributed by atoms with E-state index in [0.717, 1.165) is 28.0 Å². The van der Waals surface area contributed by atoms with Crippen molar-refractivity contribution in [1.82, 2.24) is 0 Å². The summed E-state index contributed by atoms with van der Waals surface area (Å²) < 4.78 is 26.3. The van der Waals surface area contributed by atoms with Crippen LogP contribution in [-0.2, 0) is 0 Å². The van der Waals surface area contributed by atoms with Crippen molar-refractivity contribution in [2.75, 3.05) is 0 Å². The van der Waals surface area contributed by atoms with E-state index >= 15 is 0 Å². The van der Waals surface area contributed by atoms with Crippen LogP contribution in [-0.4, -0.2) is 5.78 Å². The van der Waals surface area contributed by atoms with Crippen LogP contribution in [0.5, 0.6) is 0 Å². The van der Waals surface area contributed by atoms with E-state index in [0.29, 0.717) is 0 Å². The van der Waals surface area contributed by atoms with Crippen molar-refractivity contribution in [3.63, 3.8) is 0 Å². The van der Waals surface area contributed by atoms with Gasteiger partial charge >= 0.3 is 0 Å². The summed E-state index contributed by atoms with van der Waals surface area (Å²) in [5.41, 5.74) is -0.250. The number of thiophene rings is 1. The summed E-state index contributed by atoms with van der Waals surface area (Å²) in [4.78, 5) is 13.7. The highest BCUT2D eigenvalue weighted by Crippen LogP contribution is 2.17. The molecule has 1 nitrogen and oxygen atoms in total. The largest absolute Gasteiger partial charge is 0.289 e. The quantitative estimate of drug-likeness (QED) is 0.599. The standard InChI is InChI=1S/C14H10F2OS/c1-9-2-4-11(18-9)5-7-14(17)12-8-10(15)3-6-13(12)16/h2-8H,1H3/b7-5+. The Morgan fingerprint density at radius 2 is 2.00 bits per heavy atom. The van der Waals surface area contributed by atoms with E-state index in [1.165, 1.54) is 17.4 Å². The van der Waals surface area contributed by atoms with E-state index < -0.39 is 17.4 Å². The smallest absolute Gasteiger partial charge is 0.188 e. The number of hydrogen-bond donors (Lipinski definition) is 0. The number of allylic oxidation sites excluding steroid dienone is 1. The topological polar surface area (TPSA) is 17.1 Å². The van der Waals surface area contributed by atoms with E-state index in [1.807, 2.05) is 19.1 Å². The highest BCUT2D eigenvalue weighted by atomic mass is 32.1. The van der Waals surface area contributed by atoms with Crippen LogP contribution >= 0.6 is 11.3 Å². The lowest BCUT2D eigenvalue weighted by Crippen LogP contribution is -1.99. The Labute approximate surface area is 107 Å². The lowest BCUT2D eigenvalue weighted by Gasteiger charge is -1.98. The molecular weight excluding hydrogens is 254 g/mol. The van der Waals surface area contributed by atoms with E-state index in [4.69, 9.17) is 0 Å². The van der Waals surface area contributed by atoms with Crippen LogP contribution in [0.1, 0.15) is 20.1 Å². The molecule has 4 heteroatoms. The van der Waals surface area contributed by atoms with Gasteiger partial charge in [0.25, 0.3) is 0 Å². The Morgan fingerprint density at radius 1 is 1.22 bits per heavy atom. The number of aryl methyl sites for hydroxylation is 1. The molecule has 2 rings (SSSR count). The molecule has 1 aromatic carbocycles. The summed E-state index contributed by atoms with van der Waals surface area (Å²) in [6.07, 6.45) is 2.85. The average molecular weight is 264 g/mol. The van der Waals surface area contributed by atoms with Gasteiger partial charge < -0.3 is 0 Å². The predicted molar refractivity (Wildman–Crippen MR) is 68.8 cm³/mol. The zero-order valence-electron chi connectivity index (χ0n) is 9.61. The number of halogens is 2. The maximum Gasteiger partial charge on any atom is 0.188 e. The first-order valence-corrected chi connectivity index (χ1v) is 6.12. The number of ketones is 1. The van der Waals surface area contributed by atoms with Gasteiger partial charge in [-0.2, -0.15) is 0 Å². The molecule has 0 bridgehead atoms. The normalized spacial score (nSPS) is 11.1. The van der Waals surface area contributed by atoms with Crippen LogP contribution in [0.25, 0.3) is 6.08 Å². The molecule has 0 unspecified atom stereocenters. The lowest BCUT2D eigenvalue weighted by atomic mass is 10.1. The second kappa shape index (κ2) is 5.23. The first-order chi connectivity index (χ1) is 8.56. The second-order valence-corrected chi connectivity index (χ2v) is 5.09. The van der Waals surface area contributed by atoms with Gasteiger partial charge in [-0.05, 0) is 49.4 Å². The van der Waals surface area contributed by atoms with Gasteiger partial charge in [0.15, 0.2) is 5.78 Å². The summed E-state index contributed by atoms with van der Waals surface area (Å²) in [5, 5.41) is 0. The van der Waals surface area contributed by atoms with Crippen molar-refractivity contribution >= 4 is 23.2 Å². The molecule has 0 aliphatic rings. The van der Waals surface area contributed by atoms with Crippen LogP contribution in [0.2, 0.25) is 0 Å². The first-order valence-electron chi connectivity index (χ1n) is 5.30. The van der Waals surface area contributed by atoms with Gasteiger partial charge in [0, 0.05) is 9.75 Å². The molecule has 0 saturated carbocycles. The number of carbonyl (C=O) groups excluding carboxylic acids is 1. The summed E-state index contributed by atoms with van der Waals surface area (Å²) >= 11 is 1.53. The molecule has 0 radical (unpaired) electrons. The van der Waals surface area contributed by atoms with Gasteiger partial charge in [-0.3, -0.25) is 4.79 Å². The molecule has 1 aromatic heterocycles. The zero-order chi connectivity index (χ0) is 13.1. The van der Waals surface area contributed by atoms with Crippen molar-refractivity contribution in [1.29, 1.82) is 0 Å². The monoisotopic (exact) mass is 264 g/mol. The summed E-state index contributed by atoms with van der Waals surface area (Å²) in [5.74, 6) is -1.88. The SMILES string of the molecule is Cc1ccc(/C=C/C(=O)c2cc(F)ccc2F)s1. The first kappa shape index (κ1) is 12.6. The highest BCUT2D eigenvalue weighted by molar-refractivity contribution is 7.12. The van der Waals surface area contributed by atoms with Gasteiger partial charge in [0.05, 0.1) is 5.56 Å². The fraction of sp³-hybridized carbons (Fsp3) is 0.0714. The molecule has 0 atom stereocenters. The molecule has 0 fully saturated rings. The predicted octanol–water partition coefficient (Wildman–Crippen LogP) is 4.23. The van der Waals surface area contributed by atoms with Crippen molar-refractivity contribution in [3.8, 4) is 0 Å². The highest BCUT2D eigenvalue weighted by Gasteiger charge is 2.09. The number of benzene rings is 1. The van der Waals surface area contributed by atoms with Gasteiger partial charge in [-0.25, -0.2) is 8.78 Å². The molecule has 1 heterocycles. The maximum atomic E-state index is 13.3. The molecular formula is C14H10F2OS. The van der Waals surface area contributed by atoms with Crippen molar-refractivity contribution in [3.05, 3.63) is 63.4 Å². The third-order valence-corrected chi connectivity index (χ3v) is 3.32. The van der Waals surface area contributed by atoms with Crippen molar-refractivity contribution < 1.29 is 13.6 Å². The van der Waals surface area contributed by atoms with E-state index in [9.17, 15) is 13.6 Å². The van der Waals surface area contributed by atoms with Gasteiger partial charge in [0.2, 0.25) is 0 Å². The Hall–Kier alpha value is -1.81. The lowest BCUT2D eigenvalue weighted by molar-refractivity contribution is 0.104. The fourth-order valence-corrected chi connectivity index (χ4v) is 2.26.